The summed E-state index contributed by atoms with van der Waals surface area (Å²) in [5.74, 6) is 0.568. The number of nitrogens with one attached hydrogen (secondary N) is 1. The van der Waals surface area contributed by atoms with Crippen molar-refractivity contribution in [2.75, 3.05) is 19.5 Å². The number of furan rings is 1. The summed E-state index contributed by atoms with van der Waals surface area (Å²) in [4.78, 5) is 25.2. The SMILES string of the molecule is COc1cc(OC)c(NC(=O)CCc2c(C)c3cc4c(C)coc4cc3oc2=O)cc1Cl. The van der Waals surface area contributed by atoms with Crippen molar-refractivity contribution >= 4 is 45.1 Å². The predicted octanol–water partition coefficient (Wildman–Crippen LogP) is 5.40. The third kappa shape index (κ3) is 3.91. The maximum atomic E-state index is 12.6. The number of halogens is 1. The van der Waals surface area contributed by atoms with Crippen LogP contribution in [0, 0.1) is 13.8 Å². The molecule has 4 rings (SSSR count). The van der Waals surface area contributed by atoms with E-state index in [4.69, 9.17) is 29.9 Å². The van der Waals surface area contributed by atoms with Crippen molar-refractivity contribution in [3.8, 4) is 11.5 Å². The van der Waals surface area contributed by atoms with Crippen LogP contribution in [0.3, 0.4) is 0 Å². The monoisotopic (exact) mass is 455 g/mol. The number of amides is 1. The number of anilines is 1. The number of carbonyl (C=O) groups excluding carboxylic acids is 1. The minimum atomic E-state index is -0.462. The van der Waals surface area contributed by atoms with Crippen LogP contribution in [-0.4, -0.2) is 20.1 Å². The molecule has 0 fully saturated rings. The summed E-state index contributed by atoms with van der Waals surface area (Å²) < 4.78 is 21.5. The van der Waals surface area contributed by atoms with Crippen molar-refractivity contribution in [2.24, 2.45) is 0 Å². The van der Waals surface area contributed by atoms with E-state index in [1.54, 1.807) is 24.5 Å². The van der Waals surface area contributed by atoms with Crippen molar-refractivity contribution in [3.63, 3.8) is 0 Å². The highest BCUT2D eigenvalue weighted by Gasteiger charge is 2.17. The van der Waals surface area contributed by atoms with E-state index in [9.17, 15) is 9.59 Å². The molecule has 8 heteroatoms. The van der Waals surface area contributed by atoms with Gasteiger partial charge in [0.25, 0.3) is 0 Å². The first-order valence-electron chi connectivity index (χ1n) is 9.98. The molecule has 32 heavy (non-hydrogen) atoms. The molecule has 0 aliphatic heterocycles. The minimum Gasteiger partial charge on any atom is -0.495 e. The zero-order valence-electron chi connectivity index (χ0n) is 18.1. The van der Waals surface area contributed by atoms with Gasteiger partial charge in [-0.1, -0.05) is 11.6 Å². The molecule has 4 aromatic rings. The molecule has 2 aromatic carbocycles. The molecule has 166 valence electrons. The molecule has 0 saturated carbocycles. The number of carbonyl (C=O) groups is 1. The number of fused-ring (bicyclic) bond motifs is 2. The Labute approximate surface area is 188 Å². The number of aryl methyl sites for hydroxylation is 2. The topological polar surface area (TPSA) is 90.9 Å². The van der Waals surface area contributed by atoms with Crippen molar-refractivity contribution in [2.45, 2.75) is 26.7 Å². The average molecular weight is 456 g/mol. The van der Waals surface area contributed by atoms with Gasteiger partial charge in [-0.25, -0.2) is 4.79 Å². The van der Waals surface area contributed by atoms with Gasteiger partial charge < -0.3 is 23.6 Å². The van der Waals surface area contributed by atoms with Crippen LogP contribution in [0.5, 0.6) is 11.5 Å². The summed E-state index contributed by atoms with van der Waals surface area (Å²) in [5, 5.41) is 4.90. The molecule has 0 aliphatic rings. The first kappa shape index (κ1) is 21.8. The van der Waals surface area contributed by atoms with Crippen LogP contribution in [0.4, 0.5) is 5.69 Å². The number of benzene rings is 2. The van der Waals surface area contributed by atoms with Gasteiger partial charge in [-0.3, -0.25) is 4.79 Å². The second-order valence-electron chi connectivity index (χ2n) is 7.49. The van der Waals surface area contributed by atoms with Gasteiger partial charge in [0.05, 0.1) is 31.2 Å². The van der Waals surface area contributed by atoms with Crippen LogP contribution >= 0.6 is 11.6 Å². The van der Waals surface area contributed by atoms with Crippen LogP contribution in [0.15, 0.2) is 44.2 Å². The first-order chi connectivity index (χ1) is 15.3. The van der Waals surface area contributed by atoms with Crippen molar-refractivity contribution in [1.29, 1.82) is 0 Å². The minimum absolute atomic E-state index is 0.0802. The summed E-state index contributed by atoms with van der Waals surface area (Å²) in [6, 6.07) is 6.84. The molecule has 7 nitrogen and oxygen atoms in total. The van der Waals surface area contributed by atoms with E-state index in [1.807, 2.05) is 19.9 Å². The number of ether oxygens (including phenoxy) is 2. The van der Waals surface area contributed by atoms with E-state index in [-0.39, 0.29) is 18.7 Å². The highest BCUT2D eigenvalue weighted by Crippen LogP contribution is 2.36. The summed E-state index contributed by atoms with van der Waals surface area (Å²) in [7, 11) is 2.98. The molecule has 0 atom stereocenters. The van der Waals surface area contributed by atoms with E-state index in [0.29, 0.717) is 38.9 Å². The van der Waals surface area contributed by atoms with Crippen LogP contribution in [0.25, 0.3) is 21.9 Å². The molecule has 0 radical (unpaired) electrons. The van der Waals surface area contributed by atoms with Gasteiger partial charge in [-0.05, 0) is 43.5 Å². The smallest absolute Gasteiger partial charge is 0.339 e. The summed E-state index contributed by atoms with van der Waals surface area (Å²) in [5.41, 5.74) is 3.33. The summed E-state index contributed by atoms with van der Waals surface area (Å²) >= 11 is 6.16. The quantitative estimate of drug-likeness (QED) is 0.391. The molecule has 1 N–H and O–H groups in total. The van der Waals surface area contributed by atoms with Gasteiger partial charge >= 0.3 is 5.63 Å². The third-order valence-corrected chi connectivity index (χ3v) is 5.82. The summed E-state index contributed by atoms with van der Waals surface area (Å²) in [6.07, 6.45) is 1.98. The van der Waals surface area contributed by atoms with Crippen LogP contribution in [-0.2, 0) is 11.2 Å². The van der Waals surface area contributed by atoms with Crippen molar-refractivity contribution in [1.82, 2.24) is 0 Å². The molecular formula is C24H22ClNO6. The van der Waals surface area contributed by atoms with Gasteiger partial charge in [0.1, 0.15) is 22.7 Å². The zero-order valence-corrected chi connectivity index (χ0v) is 18.9. The molecule has 0 unspecified atom stereocenters. The molecule has 0 bridgehead atoms. The first-order valence-corrected chi connectivity index (χ1v) is 10.4. The zero-order chi connectivity index (χ0) is 23.0. The van der Waals surface area contributed by atoms with Crippen molar-refractivity contribution in [3.05, 3.63) is 62.7 Å². The Morgan fingerprint density at radius 2 is 1.78 bits per heavy atom. The Hall–Kier alpha value is -3.45. The molecule has 0 aliphatic carbocycles. The molecule has 0 spiro atoms. The van der Waals surface area contributed by atoms with Gasteiger partial charge in [-0.2, -0.15) is 0 Å². The lowest BCUT2D eigenvalue weighted by Crippen LogP contribution is -2.17. The Morgan fingerprint density at radius 3 is 2.50 bits per heavy atom. The fourth-order valence-corrected chi connectivity index (χ4v) is 3.98. The number of hydrogen-bond donors (Lipinski definition) is 1. The van der Waals surface area contributed by atoms with E-state index < -0.39 is 5.63 Å². The Kier molecular flexibility index (Phi) is 5.84. The Bertz CT molecular complexity index is 1400. The van der Waals surface area contributed by atoms with E-state index >= 15 is 0 Å². The second kappa shape index (κ2) is 8.59. The summed E-state index contributed by atoms with van der Waals surface area (Å²) in [6.45, 7) is 3.82. The van der Waals surface area contributed by atoms with Gasteiger partial charge in [-0.15, -0.1) is 0 Å². The highest BCUT2D eigenvalue weighted by atomic mass is 35.5. The van der Waals surface area contributed by atoms with Gasteiger partial charge in [0.15, 0.2) is 0 Å². The molecule has 1 amide bonds. The lowest BCUT2D eigenvalue weighted by molar-refractivity contribution is -0.116. The second-order valence-corrected chi connectivity index (χ2v) is 7.90. The van der Waals surface area contributed by atoms with Crippen molar-refractivity contribution < 1.29 is 23.1 Å². The number of hydrogen-bond acceptors (Lipinski definition) is 6. The lowest BCUT2D eigenvalue weighted by Gasteiger charge is -2.13. The van der Waals surface area contributed by atoms with E-state index in [0.717, 1.165) is 21.9 Å². The maximum absolute atomic E-state index is 12.6. The molecule has 0 saturated heterocycles. The van der Waals surface area contributed by atoms with E-state index in [1.165, 1.54) is 14.2 Å². The fraction of sp³-hybridized carbons (Fsp3) is 0.250. The van der Waals surface area contributed by atoms with Crippen LogP contribution in [0.2, 0.25) is 5.02 Å². The Balaban J connectivity index is 1.58. The molecule has 2 heterocycles. The third-order valence-electron chi connectivity index (χ3n) is 5.53. The fourth-order valence-electron chi connectivity index (χ4n) is 3.74. The largest absolute Gasteiger partial charge is 0.495 e. The predicted molar refractivity (Wildman–Crippen MR) is 123 cm³/mol. The van der Waals surface area contributed by atoms with Gasteiger partial charge in [0, 0.05) is 34.9 Å². The Morgan fingerprint density at radius 1 is 1.03 bits per heavy atom. The van der Waals surface area contributed by atoms with Crippen LogP contribution in [0.1, 0.15) is 23.1 Å². The average Bonchev–Trinajstić information content (AvgIpc) is 3.12. The maximum Gasteiger partial charge on any atom is 0.339 e. The van der Waals surface area contributed by atoms with Gasteiger partial charge in [0.2, 0.25) is 5.91 Å². The van der Waals surface area contributed by atoms with E-state index in [2.05, 4.69) is 5.32 Å². The van der Waals surface area contributed by atoms with Crippen LogP contribution < -0.4 is 20.4 Å². The highest BCUT2D eigenvalue weighted by molar-refractivity contribution is 6.32. The standard InChI is InChI=1S/C24H22ClNO6/c1-12-11-31-19-9-20-16(7-15(12)19)13(2)14(24(28)32-20)5-6-23(27)26-18-8-17(25)21(29-3)10-22(18)30-4/h7-11H,5-6H2,1-4H3,(H,26,27). The number of rotatable bonds is 6. The normalized spacial score (nSPS) is 11.2. The molecule has 2 aromatic heterocycles. The lowest BCUT2D eigenvalue weighted by atomic mass is 10.0. The molecular weight excluding hydrogens is 434 g/mol. The number of methoxy groups -OCH3 is 2.